The minimum absolute atomic E-state index is 0.0648. The maximum atomic E-state index is 12.4. The second-order valence-electron chi connectivity index (χ2n) is 6.36. The Labute approximate surface area is 125 Å². The smallest absolute Gasteiger partial charge is 0.224 e. The van der Waals surface area contributed by atoms with E-state index in [-0.39, 0.29) is 18.6 Å². The summed E-state index contributed by atoms with van der Waals surface area (Å²) < 4.78 is 7.59. The van der Waals surface area contributed by atoms with Crippen LogP contribution in [-0.4, -0.2) is 57.1 Å². The molecule has 2 heterocycles. The molecular weight excluding hydrogens is 270 g/mol. The van der Waals surface area contributed by atoms with Gasteiger partial charge in [-0.15, -0.1) is 0 Å². The quantitative estimate of drug-likeness (QED) is 0.896. The minimum atomic E-state index is -0.417. The van der Waals surface area contributed by atoms with Crippen LogP contribution in [0, 0.1) is 13.8 Å². The number of aliphatic hydroxyl groups excluding tert-OH is 1. The Morgan fingerprint density at radius 1 is 1.52 bits per heavy atom. The van der Waals surface area contributed by atoms with Gasteiger partial charge in [-0.2, -0.15) is 5.10 Å². The first-order valence-electron chi connectivity index (χ1n) is 7.38. The average Bonchev–Trinajstić information content (AvgIpc) is 2.72. The number of morpholine rings is 1. The van der Waals surface area contributed by atoms with Crippen molar-refractivity contribution in [3.05, 3.63) is 17.5 Å². The fraction of sp³-hybridized carbons (Fsp3) is 0.733. The van der Waals surface area contributed by atoms with Crippen LogP contribution in [0.15, 0.2) is 6.07 Å². The summed E-state index contributed by atoms with van der Waals surface area (Å²) in [5.41, 5.74) is 1.61. The van der Waals surface area contributed by atoms with Gasteiger partial charge in [0.25, 0.3) is 0 Å². The monoisotopic (exact) mass is 295 g/mol. The fourth-order valence-electron chi connectivity index (χ4n) is 2.84. The number of hydrogen-bond donors (Lipinski definition) is 1. The van der Waals surface area contributed by atoms with Crippen molar-refractivity contribution in [2.45, 2.75) is 52.4 Å². The summed E-state index contributed by atoms with van der Waals surface area (Å²) in [4.78, 5) is 14.2. The molecule has 0 aromatic carbocycles. The molecule has 1 aliphatic rings. The molecule has 1 N–H and O–H groups in total. The van der Waals surface area contributed by atoms with Gasteiger partial charge in [-0.1, -0.05) is 0 Å². The Bertz CT molecular complexity index is 510. The van der Waals surface area contributed by atoms with Crippen molar-refractivity contribution in [2.75, 3.05) is 19.7 Å². The molecule has 0 spiro atoms. The van der Waals surface area contributed by atoms with E-state index in [2.05, 4.69) is 5.10 Å². The molecule has 118 valence electrons. The molecule has 1 saturated heterocycles. The van der Waals surface area contributed by atoms with E-state index in [0.29, 0.717) is 26.1 Å². The molecule has 1 aliphatic heterocycles. The number of aromatic nitrogens is 2. The maximum absolute atomic E-state index is 12.4. The molecule has 0 aliphatic carbocycles. The first-order chi connectivity index (χ1) is 9.80. The molecule has 21 heavy (non-hydrogen) atoms. The predicted octanol–water partition coefficient (Wildman–Crippen LogP) is 0.888. The molecule has 6 heteroatoms. The highest BCUT2D eigenvalue weighted by Gasteiger charge is 2.35. The summed E-state index contributed by atoms with van der Waals surface area (Å²) in [6.07, 6.45) is 0.113. The van der Waals surface area contributed by atoms with Crippen molar-refractivity contribution in [1.82, 2.24) is 14.7 Å². The van der Waals surface area contributed by atoms with Gasteiger partial charge in [-0.05, 0) is 33.8 Å². The van der Waals surface area contributed by atoms with E-state index in [0.717, 1.165) is 11.4 Å². The standard InChI is InChI=1S/C15H25N3O3/c1-11-7-12(2)18(16-11)6-5-14(20)17-8-13(9-19)21-15(3,4)10-17/h7,13,19H,5-6,8-10H2,1-4H3. The zero-order valence-corrected chi connectivity index (χ0v) is 13.3. The van der Waals surface area contributed by atoms with Crippen LogP contribution in [0.2, 0.25) is 0 Å². The first-order valence-corrected chi connectivity index (χ1v) is 7.38. The lowest BCUT2D eigenvalue weighted by Crippen LogP contribution is -2.55. The Morgan fingerprint density at radius 2 is 2.24 bits per heavy atom. The molecule has 1 atom stereocenters. The molecule has 0 radical (unpaired) electrons. The summed E-state index contributed by atoms with van der Waals surface area (Å²) in [7, 11) is 0. The van der Waals surface area contributed by atoms with E-state index < -0.39 is 5.60 Å². The maximum Gasteiger partial charge on any atom is 0.224 e. The minimum Gasteiger partial charge on any atom is -0.394 e. The van der Waals surface area contributed by atoms with Crippen LogP contribution in [0.4, 0.5) is 0 Å². The van der Waals surface area contributed by atoms with Gasteiger partial charge < -0.3 is 14.7 Å². The van der Waals surface area contributed by atoms with Gasteiger partial charge in [-0.3, -0.25) is 9.48 Å². The molecule has 0 saturated carbocycles. The number of amides is 1. The number of rotatable bonds is 4. The van der Waals surface area contributed by atoms with Gasteiger partial charge in [0.05, 0.1) is 24.0 Å². The molecule has 2 rings (SSSR count). The van der Waals surface area contributed by atoms with Crippen molar-refractivity contribution in [2.24, 2.45) is 0 Å². The van der Waals surface area contributed by atoms with Crippen LogP contribution in [0.5, 0.6) is 0 Å². The normalized spacial score (nSPS) is 21.6. The number of ether oxygens (including phenoxy) is 1. The predicted molar refractivity (Wildman–Crippen MR) is 78.9 cm³/mol. The number of hydrogen-bond acceptors (Lipinski definition) is 4. The Morgan fingerprint density at radius 3 is 2.81 bits per heavy atom. The van der Waals surface area contributed by atoms with Crippen LogP contribution >= 0.6 is 0 Å². The van der Waals surface area contributed by atoms with Crippen LogP contribution in [0.25, 0.3) is 0 Å². The third-order valence-corrected chi connectivity index (χ3v) is 3.68. The second-order valence-corrected chi connectivity index (χ2v) is 6.36. The zero-order chi connectivity index (χ0) is 15.6. The largest absolute Gasteiger partial charge is 0.394 e. The molecule has 1 aromatic rings. The third-order valence-electron chi connectivity index (χ3n) is 3.68. The zero-order valence-electron chi connectivity index (χ0n) is 13.3. The number of aryl methyl sites for hydroxylation is 3. The van der Waals surface area contributed by atoms with Crippen LogP contribution < -0.4 is 0 Å². The lowest BCUT2D eigenvalue weighted by Gasteiger charge is -2.42. The molecule has 1 unspecified atom stereocenters. The second kappa shape index (κ2) is 6.15. The van der Waals surface area contributed by atoms with Crippen molar-refractivity contribution < 1.29 is 14.6 Å². The highest BCUT2D eigenvalue weighted by atomic mass is 16.5. The molecule has 6 nitrogen and oxygen atoms in total. The van der Waals surface area contributed by atoms with Gasteiger partial charge in [0.2, 0.25) is 5.91 Å². The topological polar surface area (TPSA) is 67.6 Å². The molecule has 1 aromatic heterocycles. The van der Waals surface area contributed by atoms with E-state index in [1.54, 1.807) is 4.90 Å². The van der Waals surface area contributed by atoms with Crippen molar-refractivity contribution in [3.8, 4) is 0 Å². The van der Waals surface area contributed by atoms with Crippen molar-refractivity contribution in [1.29, 1.82) is 0 Å². The van der Waals surface area contributed by atoms with E-state index in [9.17, 15) is 9.90 Å². The van der Waals surface area contributed by atoms with E-state index >= 15 is 0 Å². The number of aliphatic hydroxyl groups is 1. The van der Waals surface area contributed by atoms with Gasteiger partial charge in [0.15, 0.2) is 0 Å². The molecular formula is C15H25N3O3. The number of nitrogens with zero attached hydrogens (tertiary/aromatic N) is 3. The van der Waals surface area contributed by atoms with Gasteiger partial charge in [0, 0.05) is 31.7 Å². The lowest BCUT2D eigenvalue weighted by atomic mass is 10.0. The van der Waals surface area contributed by atoms with Gasteiger partial charge >= 0.3 is 0 Å². The fourth-order valence-corrected chi connectivity index (χ4v) is 2.84. The van der Waals surface area contributed by atoms with E-state index in [1.165, 1.54) is 0 Å². The molecule has 1 amide bonds. The van der Waals surface area contributed by atoms with Crippen LogP contribution in [0.3, 0.4) is 0 Å². The lowest BCUT2D eigenvalue weighted by molar-refractivity contribution is -0.167. The highest BCUT2D eigenvalue weighted by Crippen LogP contribution is 2.21. The van der Waals surface area contributed by atoms with Crippen LogP contribution in [-0.2, 0) is 16.1 Å². The van der Waals surface area contributed by atoms with E-state index in [4.69, 9.17) is 4.74 Å². The molecule has 0 bridgehead atoms. The average molecular weight is 295 g/mol. The summed E-state index contributed by atoms with van der Waals surface area (Å²) in [6.45, 7) is 9.35. The van der Waals surface area contributed by atoms with Gasteiger partial charge in [-0.25, -0.2) is 0 Å². The van der Waals surface area contributed by atoms with Crippen molar-refractivity contribution >= 4 is 5.91 Å². The van der Waals surface area contributed by atoms with Crippen molar-refractivity contribution in [3.63, 3.8) is 0 Å². The number of carbonyl (C=O) groups is 1. The van der Waals surface area contributed by atoms with E-state index in [1.807, 2.05) is 38.4 Å². The third kappa shape index (κ3) is 4.04. The number of carbonyl (C=O) groups excluding carboxylic acids is 1. The summed E-state index contributed by atoms with van der Waals surface area (Å²) in [5.74, 6) is 0.0809. The summed E-state index contributed by atoms with van der Waals surface area (Å²) in [6, 6.07) is 2.00. The Balaban J connectivity index is 1.95. The Kier molecular flexibility index (Phi) is 4.68. The summed E-state index contributed by atoms with van der Waals surface area (Å²) in [5, 5.41) is 13.7. The van der Waals surface area contributed by atoms with Gasteiger partial charge in [0.1, 0.15) is 0 Å². The van der Waals surface area contributed by atoms with Crippen LogP contribution in [0.1, 0.15) is 31.7 Å². The molecule has 1 fully saturated rings. The first kappa shape index (κ1) is 16.0. The SMILES string of the molecule is Cc1cc(C)n(CCC(=O)N2CC(CO)OC(C)(C)C2)n1. The summed E-state index contributed by atoms with van der Waals surface area (Å²) >= 11 is 0. The highest BCUT2D eigenvalue weighted by molar-refractivity contribution is 5.76. The Hall–Kier alpha value is -1.40.